The van der Waals surface area contributed by atoms with E-state index in [1.807, 2.05) is 25.3 Å². The minimum atomic E-state index is -0.337. The highest BCUT2D eigenvalue weighted by molar-refractivity contribution is 5.95. The number of ether oxygens (including phenoxy) is 1. The van der Waals surface area contributed by atoms with Crippen molar-refractivity contribution in [2.24, 2.45) is 0 Å². The van der Waals surface area contributed by atoms with Crippen molar-refractivity contribution in [3.8, 4) is 0 Å². The van der Waals surface area contributed by atoms with Gasteiger partial charge in [-0.05, 0) is 44.4 Å². The van der Waals surface area contributed by atoms with Crippen LogP contribution in [-0.4, -0.2) is 39.5 Å². The molecule has 0 bridgehead atoms. The van der Waals surface area contributed by atoms with Gasteiger partial charge in [-0.25, -0.2) is 0 Å². The molecule has 0 saturated carbocycles. The first kappa shape index (κ1) is 17.4. The van der Waals surface area contributed by atoms with Crippen LogP contribution in [0.2, 0.25) is 0 Å². The maximum absolute atomic E-state index is 12.9. The molecule has 3 heterocycles. The van der Waals surface area contributed by atoms with E-state index in [1.54, 1.807) is 22.4 Å². The maximum atomic E-state index is 12.9. The summed E-state index contributed by atoms with van der Waals surface area (Å²) in [5.74, 6) is -0.337. The van der Waals surface area contributed by atoms with Gasteiger partial charge in [0.1, 0.15) is 5.56 Å². The molecule has 2 aromatic heterocycles. The van der Waals surface area contributed by atoms with Crippen molar-refractivity contribution in [3.63, 3.8) is 0 Å². The van der Waals surface area contributed by atoms with Crippen molar-refractivity contribution in [1.82, 2.24) is 19.7 Å². The van der Waals surface area contributed by atoms with Crippen molar-refractivity contribution in [2.45, 2.75) is 45.9 Å². The van der Waals surface area contributed by atoms with Gasteiger partial charge in [-0.1, -0.05) is 0 Å². The number of aromatic nitrogens is 3. The average Bonchev–Trinajstić information content (AvgIpc) is 3.25. The Hall–Kier alpha value is -2.41. The van der Waals surface area contributed by atoms with E-state index in [2.05, 4.69) is 10.4 Å². The predicted molar refractivity (Wildman–Crippen MR) is 93.7 cm³/mol. The van der Waals surface area contributed by atoms with Crippen LogP contribution in [0.3, 0.4) is 0 Å². The Morgan fingerprint density at radius 1 is 1.44 bits per heavy atom. The summed E-state index contributed by atoms with van der Waals surface area (Å²) in [4.78, 5) is 25.4. The van der Waals surface area contributed by atoms with Crippen LogP contribution in [0.4, 0.5) is 0 Å². The van der Waals surface area contributed by atoms with Gasteiger partial charge < -0.3 is 14.6 Å². The largest absolute Gasteiger partial charge is 0.376 e. The molecule has 25 heavy (non-hydrogen) atoms. The highest BCUT2D eigenvalue weighted by Gasteiger charge is 2.21. The molecule has 0 aliphatic carbocycles. The summed E-state index contributed by atoms with van der Waals surface area (Å²) in [6, 6.07) is 3.72. The second-order valence-electron chi connectivity index (χ2n) is 6.42. The molecule has 3 rings (SSSR count). The number of amides is 1. The van der Waals surface area contributed by atoms with E-state index < -0.39 is 0 Å². The summed E-state index contributed by atoms with van der Waals surface area (Å²) in [6.45, 7) is 5.91. The van der Waals surface area contributed by atoms with Crippen LogP contribution >= 0.6 is 0 Å². The molecule has 1 amide bonds. The summed E-state index contributed by atoms with van der Waals surface area (Å²) >= 11 is 0. The standard InChI is InChI=1S/C18H24N4O3/c1-13-11-14(2)22(12-15-5-3-10-25-15)18(24)16(13)17(23)19-7-9-21-8-4-6-20-21/h4,6,8,11,15H,3,5,7,9-10,12H2,1-2H3,(H,19,23)/t15-/m0/s1. The molecule has 1 saturated heterocycles. The van der Waals surface area contributed by atoms with Crippen molar-refractivity contribution in [3.05, 3.63) is 51.7 Å². The van der Waals surface area contributed by atoms with E-state index >= 15 is 0 Å². The molecule has 1 N–H and O–H groups in total. The van der Waals surface area contributed by atoms with E-state index in [4.69, 9.17) is 4.74 Å². The molecule has 1 aliphatic heterocycles. The fraction of sp³-hybridized carbons (Fsp3) is 0.500. The number of hydrogen-bond donors (Lipinski definition) is 1. The third-order valence-corrected chi connectivity index (χ3v) is 4.53. The fourth-order valence-electron chi connectivity index (χ4n) is 3.23. The Labute approximate surface area is 146 Å². The van der Waals surface area contributed by atoms with E-state index in [9.17, 15) is 9.59 Å². The third kappa shape index (κ3) is 3.99. The normalized spacial score (nSPS) is 17.0. The number of rotatable bonds is 6. The van der Waals surface area contributed by atoms with Gasteiger partial charge in [-0.3, -0.25) is 14.3 Å². The Morgan fingerprint density at radius 2 is 2.28 bits per heavy atom. The van der Waals surface area contributed by atoms with E-state index in [-0.39, 0.29) is 23.1 Å². The molecular formula is C18H24N4O3. The minimum absolute atomic E-state index is 0.0508. The highest BCUT2D eigenvalue weighted by atomic mass is 16.5. The zero-order valence-electron chi connectivity index (χ0n) is 14.7. The molecule has 1 fully saturated rings. The van der Waals surface area contributed by atoms with Gasteiger partial charge in [0, 0.05) is 31.2 Å². The van der Waals surface area contributed by atoms with Crippen LogP contribution in [-0.2, 0) is 17.8 Å². The number of carbonyl (C=O) groups excluding carboxylic acids is 1. The van der Waals surface area contributed by atoms with Crippen LogP contribution in [0.1, 0.15) is 34.5 Å². The molecule has 2 aromatic rings. The smallest absolute Gasteiger partial charge is 0.263 e. The Bertz CT molecular complexity index is 789. The lowest BCUT2D eigenvalue weighted by molar-refractivity contribution is 0.0926. The number of pyridine rings is 1. The first-order valence-corrected chi connectivity index (χ1v) is 8.64. The molecule has 1 aliphatic rings. The molecule has 0 unspecified atom stereocenters. The third-order valence-electron chi connectivity index (χ3n) is 4.53. The van der Waals surface area contributed by atoms with Crippen LogP contribution in [0.15, 0.2) is 29.3 Å². The lowest BCUT2D eigenvalue weighted by atomic mass is 10.1. The number of aryl methyl sites for hydroxylation is 2. The van der Waals surface area contributed by atoms with Crippen LogP contribution < -0.4 is 10.9 Å². The van der Waals surface area contributed by atoms with Crippen LogP contribution in [0, 0.1) is 13.8 Å². The second-order valence-corrected chi connectivity index (χ2v) is 6.42. The number of nitrogens with zero attached hydrogens (tertiary/aromatic N) is 3. The average molecular weight is 344 g/mol. The minimum Gasteiger partial charge on any atom is -0.376 e. The zero-order valence-corrected chi connectivity index (χ0v) is 14.7. The maximum Gasteiger partial charge on any atom is 0.263 e. The fourth-order valence-corrected chi connectivity index (χ4v) is 3.23. The molecule has 0 spiro atoms. The van der Waals surface area contributed by atoms with E-state index in [1.165, 1.54) is 0 Å². The van der Waals surface area contributed by atoms with E-state index in [0.29, 0.717) is 25.2 Å². The number of hydrogen-bond acceptors (Lipinski definition) is 4. The summed E-state index contributed by atoms with van der Waals surface area (Å²) in [5.41, 5.74) is 1.52. The zero-order chi connectivity index (χ0) is 17.8. The number of carbonyl (C=O) groups is 1. The molecule has 134 valence electrons. The number of nitrogens with one attached hydrogen (secondary N) is 1. The monoisotopic (exact) mass is 344 g/mol. The van der Waals surface area contributed by atoms with Crippen LogP contribution in [0.5, 0.6) is 0 Å². The van der Waals surface area contributed by atoms with Gasteiger partial charge in [0.25, 0.3) is 11.5 Å². The van der Waals surface area contributed by atoms with Gasteiger partial charge in [0.15, 0.2) is 0 Å². The molecular weight excluding hydrogens is 320 g/mol. The summed E-state index contributed by atoms with van der Waals surface area (Å²) in [5, 5.41) is 6.90. The molecule has 7 nitrogen and oxygen atoms in total. The summed E-state index contributed by atoms with van der Waals surface area (Å²) < 4.78 is 9.03. The van der Waals surface area contributed by atoms with Crippen molar-refractivity contribution >= 4 is 5.91 Å². The van der Waals surface area contributed by atoms with Crippen LogP contribution in [0.25, 0.3) is 0 Å². The molecule has 1 atom stereocenters. The summed E-state index contributed by atoms with van der Waals surface area (Å²) in [6.07, 6.45) is 5.54. The van der Waals surface area contributed by atoms with Gasteiger partial charge in [0.05, 0.1) is 19.2 Å². The first-order chi connectivity index (χ1) is 12.1. The molecule has 7 heteroatoms. The van der Waals surface area contributed by atoms with E-state index in [0.717, 1.165) is 25.1 Å². The topological polar surface area (TPSA) is 78.1 Å². The van der Waals surface area contributed by atoms with Gasteiger partial charge in [0.2, 0.25) is 0 Å². The van der Waals surface area contributed by atoms with Gasteiger partial charge in [-0.2, -0.15) is 5.10 Å². The van der Waals surface area contributed by atoms with Crippen molar-refractivity contribution in [1.29, 1.82) is 0 Å². The van der Waals surface area contributed by atoms with Gasteiger partial charge in [-0.15, -0.1) is 0 Å². The second kappa shape index (κ2) is 7.65. The lowest BCUT2D eigenvalue weighted by Gasteiger charge is -2.17. The highest BCUT2D eigenvalue weighted by Crippen LogP contribution is 2.15. The SMILES string of the molecule is Cc1cc(C)n(C[C@@H]2CCCO2)c(=O)c1C(=O)NCCn1cccn1. The Kier molecular flexibility index (Phi) is 5.33. The van der Waals surface area contributed by atoms with Crippen molar-refractivity contribution < 1.29 is 9.53 Å². The predicted octanol–water partition coefficient (Wildman–Crippen LogP) is 1.27. The first-order valence-electron chi connectivity index (χ1n) is 8.64. The molecule has 0 radical (unpaired) electrons. The Balaban J connectivity index is 1.74. The Morgan fingerprint density at radius 3 is 2.96 bits per heavy atom. The quantitative estimate of drug-likeness (QED) is 0.856. The lowest BCUT2D eigenvalue weighted by Crippen LogP contribution is -2.37. The van der Waals surface area contributed by atoms with Gasteiger partial charge >= 0.3 is 0 Å². The molecule has 0 aromatic carbocycles. The summed E-state index contributed by atoms with van der Waals surface area (Å²) in [7, 11) is 0. The van der Waals surface area contributed by atoms with Crippen molar-refractivity contribution in [2.75, 3.05) is 13.2 Å².